The summed E-state index contributed by atoms with van der Waals surface area (Å²) in [5, 5.41) is 0.975. The van der Waals surface area contributed by atoms with E-state index in [-0.39, 0.29) is 5.75 Å². The highest BCUT2D eigenvalue weighted by Gasteiger charge is 2.27. The molecule has 0 spiro atoms. The Kier molecular flexibility index (Phi) is 6.99. The van der Waals surface area contributed by atoms with E-state index >= 15 is 0 Å². The van der Waals surface area contributed by atoms with Crippen LogP contribution in [0.25, 0.3) is 0 Å². The van der Waals surface area contributed by atoms with Gasteiger partial charge in [0.1, 0.15) is 0 Å². The first kappa shape index (κ1) is 15.4. The second-order valence-corrected chi connectivity index (χ2v) is 7.19. The lowest BCUT2D eigenvalue weighted by Crippen LogP contribution is -2.33. The van der Waals surface area contributed by atoms with Crippen molar-refractivity contribution in [2.75, 3.05) is 31.3 Å². The summed E-state index contributed by atoms with van der Waals surface area (Å²) in [4.78, 5) is 0. The highest BCUT2D eigenvalue weighted by Crippen LogP contribution is 2.32. The van der Waals surface area contributed by atoms with Crippen LogP contribution in [0, 0.1) is 11.8 Å². The van der Waals surface area contributed by atoms with Gasteiger partial charge in [-0.2, -0.15) is 0 Å². The first-order valence-electron chi connectivity index (χ1n) is 6.11. The lowest BCUT2D eigenvalue weighted by Gasteiger charge is -2.17. The summed E-state index contributed by atoms with van der Waals surface area (Å²) in [7, 11) is -1.54. The second kappa shape index (κ2) is 7.71. The number of ether oxygens (including phenoxy) is 1. The maximum absolute atomic E-state index is 11.7. The molecule has 1 N–H and O–H groups in total. The van der Waals surface area contributed by atoms with Crippen LogP contribution >= 0.6 is 15.9 Å². The van der Waals surface area contributed by atoms with E-state index in [1.165, 1.54) is 12.8 Å². The summed E-state index contributed by atoms with van der Waals surface area (Å²) in [5.74, 6) is 1.27. The van der Waals surface area contributed by atoms with Crippen LogP contribution in [0.15, 0.2) is 0 Å². The minimum atomic E-state index is -3.12. The van der Waals surface area contributed by atoms with E-state index in [1.807, 2.05) is 0 Å². The molecule has 0 saturated heterocycles. The molecule has 0 radical (unpaired) electrons. The van der Waals surface area contributed by atoms with Gasteiger partial charge < -0.3 is 4.74 Å². The maximum Gasteiger partial charge on any atom is 0.211 e. The van der Waals surface area contributed by atoms with Crippen LogP contribution in [0.2, 0.25) is 0 Å². The first-order valence-corrected chi connectivity index (χ1v) is 8.88. The summed E-state index contributed by atoms with van der Waals surface area (Å²) in [6.07, 6.45) is 4.11. The van der Waals surface area contributed by atoms with Crippen molar-refractivity contribution in [2.24, 2.45) is 11.8 Å². The molecule has 1 aliphatic carbocycles. The van der Waals surface area contributed by atoms with Gasteiger partial charge in [0.2, 0.25) is 10.0 Å². The molecule has 0 aromatic heterocycles. The Morgan fingerprint density at radius 1 is 1.35 bits per heavy atom. The minimum Gasteiger partial charge on any atom is -0.385 e. The molecule has 0 aromatic rings. The lowest BCUT2D eigenvalue weighted by atomic mass is 9.99. The van der Waals surface area contributed by atoms with Crippen molar-refractivity contribution in [2.45, 2.75) is 25.7 Å². The van der Waals surface area contributed by atoms with Crippen molar-refractivity contribution < 1.29 is 13.2 Å². The molecule has 17 heavy (non-hydrogen) atoms. The van der Waals surface area contributed by atoms with Crippen LogP contribution in [0.5, 0.6) is 0 Å². The largest absolute Gasteiger partial charge is 0.385 e. The van der Waals surface area contributed by atoms with E-state index in [2.05, 4.69) is 20.7 Å². The van der Waals surface area contributed by atoms with Crippen LogP contribution in [-0.2, 0) is 14.8 Å². The number of nitrogens with one attached hydrogen (secondary N) is 1. The molecule has 0 heterocycles. The van der Waals surface area contributed by atoms with Crippen molar-refractivity contribution in [1.82, 2.24) is 4.72 Å². The monoisotopic (exact) mass is 327 g/mol. The first-order chi connectivity index (χ1) is 8.09. The zero-order valence-corrected chi connectivity index (χ0v) is 12.7. The molecule has 2 unspecified atom stereocenters. The fraction of sp³-hybridized carbons (Fsp3) is 1.00. The summed E-state index contributed by atoms with van der Waals surface area (Å²) in [6.45, 7) is 1.08. The SMILES string of the molecule is COCCCS(=O)(=O)NCC1CCCC1CBr. The molecule has 0 amide bonds. The molecule has 2 atom stereocenters. The molecule has 0 aromatic carbocycles. The van der Waals surface area contributed by atoms with Crippen molar-refractivity contribution in [1.29, 1.82) is 0 Å². The number of sulfonamides is 1. The van der Waals surface area contributed by atoms with Crippen molar-refractivity contribution in [3.8, 4) is 0 Å². The summed E-state index contributed by atoms with van der Waals surface area (Å²) in [5.41, 5.74) is 0. The lowest BCUT2D eigenvalue weighted by molar-refractivity contribution is 0.199. The van der Waals surface area contributed by atoms with Crippen LogP contribution in [-0.4, -0.2) is 39.8 Å². The summed E-state index contributed by atoms with van der Waals surface area (Å²) in [6, 6.07) is 0. The normalized spacial score (nSPS) is 25.3. The molecule has 1 rings (SSSR count). The molecule has 1 aliphatic rings. The Morgan fingerprint density at radius 3 is 2.71 bits per heavy atom. The topological polar surface area (TPSA) is 55.4 Å². The van der Waals surface area contributed by atoms with E-state index in [0.717, 1.165) is 11.8 Å². The molecule has 1 saturated carbocycles. The van der Waals surface area contributed by atoms with Crippen molar-refractivity contribution >= 4 is 26.0 Å². The Morgan fingerprint density at radius 2 is 2.06 bits per heavy atom. The quantitative estimate of drug-likeness (QED) is 0.546. The van der Waals surface area contributed by atoms with Gasteiger partial charge >= 0.3 is 0 Å². The zero-order valence-electron chi connectivity index (χ0n) is 10.3. The van der Waals surface area contributed by atoms with Gasteiger partial charge in [0.25, 0.3) is 0 Å². The zero-order chi connectivity index (χ0) is 12.7. The highest BCUT2D eigenvalue weighted by molar-refractivity contribution is 9.09. The number of alkyl halides is 1. The van der Waals surface area contributed by atoms with Crippen LogP contribution in [0.3, 0.4) is 0 Å². The fourth-order valence-corrected chi connectivity index (χ4v) is 4.25. The molecule has 4 nitrogen and oxygen atoms in total. The summed E-state index contributed by atoms with van der Waals surface area (Å²) >= 11 is 3.49. The Labute approximate surface area is 113 Å². The molecular weight excluding hydrogens is 306 g/mol. The number of hydrogen-bond acceptors (Lipinski definition) is 3. The Bertz CT molecular complexity index is 308. The third-order valence-electron chi connectivity index (χ3n) is 3.34. The van der Waals surface area contributed by atoms with E-state index in [4.69, 9.17) is 4.74 Å². The van der Waals surface area contributed by atoms with Crippen LogP contribution in [0.1, 0.15) is 25.7 Å². The van der Waals surface area contributed by atoms with Gasteiger partial charge in [-0.25, -0.2) is 13.1 Å². The molecule has 1 fully saturated rings. The van der Waals surface area contributed by atoms with Crippen LogP contribution < -0.4 is 4.72 Å². The maximum atomic E-state index is 11.7. The van der Waals surface area contributed by atoms with E-state index in [1.54, 1.807) is 7.11 Å². The van der Waals surface area contributed by atoms with Gasteiger partial charge in [-0.15, -0.1) is 0 Å². The molecule has 0 aliphatic heterocycles. The Balaban J connectivity index is 2.28. The third-order valence-corrected chi connectivity index (χ3v) is 5.61. The molecule has 102 valence electrons. The number of halogens is 1. The van der Waals surface area contributed by atoms with Crippen LogP contribution in [0.4, 0.5) is 0 Å². The molecular formula is C11H22BrNO3S. The minimum absolute atomic E-state index is 0.159. The van der Waals surface area contributed by atoms with Gasteiger partial charge in [0.15, 0.2) is 0 Å². The molecule has 6 heteroatoms. The van der Waals surface area contributed by atoms with Crippen molar-refractivity contribution in [3.63, 3.8) is 0 Å². The number of rotatable bonds is 8. The third kappa shape index (κ3) is 5.68. The predicted octanol–water partition coefficient (Wildman–Crippen LogP) is 1.75. The van der Waals surface area contributed by atoms with Gasteiger partial charge in [-0.05, 0) is 31.1 Å². The smallest absolute Gasteiger partial charge is 0.211 e. The number of methoxy groups -OCH3 is 1. The molecule has 0 bridgehead atoms. The fourth-order valence-electron chi connectivity index (χ4n) is 2.28. The van der Waals surface area contributed by atoms with Crippen molar-refractivity contribution in [3.05, 3.63) is 0 Å². The van der Waals surface area contributed by atoms with E-state index < -0.39 is 10.0 Å². The summed E-state index contributed by atoms with van der Waals surface area (Å²) < 4.78 is 30.9. The van der Waals surface area contributed by atoms with Gasteiger partial charge in [0, 0.05) is 25.6 Å². The average Bonchev–Trinajstić information content (AvgIpc) is 2.74. The second-order valence-electron chi connectivity index (χ2n) is 4.62. The van der Waals surface area contributed by atoms with Gasteiger partial charge in [-0.1, -0.05) is 22.4 Å². The standard InChI is InChI=1S/C11H22BrNO3S/c1-16-6-3-7-17(14,15)13-9-11-5-2-4-10(11)8-12/h10-11,13H,2-9H2,1H3. The van der Waals surface area contributed by atoms with Gasteiger partial charge in [0.05, 0.1) is 5.75 Å². The highest BCUT2D eigenvalue weighted by atomic mass is 79.9. The average molecular weight is 328 g/mol. The van der Waals surface area contributed by atoms with E-state index in [0.29, 0.717) is 31.4 Å². The predicted molar refractivity (Wildman–Crippen MR) is 72.9 cm³/mol. The van der Waals surface area contributed by atoms with Gasteiger partial charge in [-0.3, -0.25) is 0 Å². The van der Waals surface area contributed by atoms with E-state index in [9.17, 15) is 8.42 Å². The Hall–Kier alpha value is 0.350. The number of hydrogen-bond donors (Lipinski definition) is 1.